The van der Waals surface area contributed by atoms with Crippen molar-refractivity contribution in [3.8, 4) is 0 Å². The lowest BCUT2D eigenvalue weighted by Crippen LogP contribution is -2.68. The second-order valence-corrected chi connectivity index (χ2v) is 5.21. The first-order valence-electron chi connectivity index (χ1n) is 11.3. The molecule has 1 aliphatic rings. The van der Waals surface area contributed by atoms with Crippen molar-refractivity contribution in [1.82, 2.24) is 19.4 Å². The molecule has 0 aliphatic carbocycles. The molecule has 0 atom stereocenters. The van der Waals surface area contributed by atoms with Gasteiger partial charge < -0.3 is 9.19 Å². The first kappa shape index (κ1) is 27.0. The molecule has 0 unspecified atom stereocenters. The van der Waals surface area contributed by atoms with Gasteiger partial charge in [-0.3, -0.25) is 4.60 Å². The van der Waals surface area contributed by atoms with E-state index in [1.807, 2.05) is 118 Å². The van der Waals surface area contributed by atoms with Crippen LogP contribution < -0.4 is 5.46 Å². The number of hydrogen-bond acceptors (Lipinski definition) is 3. The molecule has 7 heteroatoms. The summed E-state index contributed by atoms with van der Waals surface area (Å²) in [6.45, 7) is 14.4. The molecule has 0 bridgehead atoms. The van der Waals surface area contributed by atoms with Crippen molar-refractivity contribution in [1.29, 1.82) is 0 Å². The lowest BCUT2D eigenvalue weighted by molar-refractivity contribution is -0.401. The van der Waals surface area contributed by atoms with E-state index >= 15 is 0 Å². The Morgan fingerprint density at radius 3 is 1.60 bits per heavy atom. The molecule has 0 N–H and O–H groups in total. The van der Waals surface area contributed by atoms with E-state index in [0.717, 1.165) is 11.9 Å². The van der Waals surface area contributed by atoms with E-state index in [9.17, 15) is 0 Å². The van der Waals surface area contributed by atoms with E-state index in [0.29, 0.717) is 0 Å². The fourth-order valence-electron chi connectivity index (χ4n) is 3.10. The van der Waals surface area contributed by atoms with Gasteiger partial charge in [0.15, 0.2) is 0 Å². The van der Waals surface area contributed by atoms with E-state index in [4.69, 9.17) is 0 Å². The summed E-state index contributed by atoms with van der Waals surface area (Å²) >= 11 is 0. The number of benzene rings is 1. The molecule has 0 saturated carbocycles. The van der Waals surface area contributed by atoms with E-state index < -0.39 is 6.55 Å². The van der Waals surface area contributed by atoms with Gasteiger partial charge in [0, 0.05) is 12.4 Å². The Hall–Kier alpha value is -2.96. The summed E-state index contributed by atoms with van der Waals surface area (Å²) in [6, 6.07) is 14.1. The molecule has 2 aromatic heterocycles. The SMILES string of the molecule is C1=N[N+]([B-](c2ccccc2)(n2cccn2)n2cccn2)=CC1.CC.CC.CC.CC. The second kappa shape index (κ2) is 15.9. The molecular weight excluding hydrogens is 371 g/mol. The van der Waals surface area contributed by atoms with Crippen LogP contribution in [0.25, 0.3) is 0 Å². The van der Waals surface area contributed by atoms with Crippen LogP contribution in [0.4, 0.5) is 0 Å². The third-order valence-electron chi connectivity index (χ3n) is 4.02. The Balaban J connectivity index is 0.000000948. The van der Waals surface area contributed by atoms with E-state index in [1.165, 1.54) is 0 Å². The molecule has 4 rings (SSSR count). The first-order valence-corrected chi connectivity index (χ1v) is 11.3. The molecule has 3 heterocycles. The molecule has 0 fully saturated rings. The topological polar surface area (TPSA) is 51.0 Å². The number of aromatic nitrogens is 4. The highest BCUT2D eigenvalue weighted by Gasteiger charge is 2.49. The summed E-state index contributed by atoms with van der Waals surface area (Å²) in [5, 5.41) is 13.6. The van der Waals surface area contributed by atoms with E-state index in [-0.39, 0.29) is 0 Å². The summed E-state index contributed by atoms with van der Waals surface area (Å²) in [5.41, 5.74) is 1.09. The van der Waals surface area contributed by atoms with Crippen LogP contribution in [-0.4, -0.2) is 43.0 Å². The minimum Gasteiger partial charge on any atom is -0.351 e. The Morgan fingerprint density at radius 2 is 1.23 bits per heavy atom. The van der Waals surface area contributed by atoms with Crippen LogP contribution in [0.1, 0.15) is 61.8 Å². The zero-order chi connectivity index (χ0) is 22.8. The summed E-state index contributed by atoms with van der Waals surface area (Å²) in [6.07, 6.45) is 12.2. The molecule has 164 valence electrons. The summed E-state index contributed by atoms with van der Waals surface area (Å²) in [7, 11) is 0. The Bertz CT molecular complexity index is 775. The maximum absolute atomic E-state index is 4.56. The quantitative estimate of drug-likeness (QED) is 0.575. The monoisotopic (exact) mass is 410 g/mol. The van der Waals surface area contributed by atoms with E-state index in [2.05, 4.69) is 33.6 Å². The lowest BCUT2D eigenvalue weighted by Gasteiger charge is -2.33. The first-order chi connectivity index (χ1) is 14.9. The predicted octanol–water partition coefficient (Wildman–Crippen LogP) is 4.90. The molecule has 30 heavy (non-hydrogen) atoms. The maximum Gasteiger partial charge on any atom is 0.567 e. The second-order valence-electron chi connectivity index (χ2n) is 5.21. The van der Waals surface area contributed by atoms with Crippen LogP contribution in [-0.2, 0) is 0 Å². The molecule has 0 spiro atoms. The van der Waals surface area contributed by atoms with Crippen molar-refractivity contribution in [2.45, 2.75) is 61.8 Å². The fourth-order valence-corrected chi connectivity index (χ4v) is 3.10. The highest BCUT2D eigenvalue weighted by Crippen LogP contribution is 2.13. The van der Waals surface area contributed by atoms with Crippen molar-refractivity contribution in [2.75, 3.05) is 0 Å². The lowest BCUT2D eigenvalue weighted by atomic mass is 9.53. The summed E-state index contributed by atoms with van der Waals surface area (Å²) in [4.78, 5) is 0. The van der Waals surface area contributed by atoms with Gasteiger partial charge in [-0.15, -0.1) is 0 Å². The van der Waals surface area contributed by atoms with Crippen molar-refractivity contribution < 1.29 is 4.60 Å². The van der Waals surface area contributed by atoms with Crippen LogP contribution in [0.3, 0.4) is 0 Å². The third kappa shape index (κ3) is 5.78. The van der Waals surface area contributed by atoms with Gasteiger partial charge in [0.25, 0.3) is 0 Å². The smallest absolute Gasteiger partial charge is 0.351 e. The minimum atomic E-state index is -1.65. The standard InChI is InChI=1S/C15H15BN6.4C2H6/c1-2-7-15(8-3-1)16(20-12-4-9-17-20,21-13-5-10-18-21)22-14-6-11-19-22;4*1-2/h1-5,7-14H,6H2;4*1-2H3. The van der Waals surface area contributed by atoms with Gasteiger partial charge in [0.1, 0.15) is 6.21 Å². The molecule has 0 radical (unpaired) electrons. The van der Waals surface area contributed by atoms with Gasteiger partial charge in [-0.2, -0.15) is 0 Å². The van der Waals surface area contributed by atoms with Gasteiger partial charge in [0.2, 0.25) is 0 Å². The van der Waals surface area contributed by atoms with Gasteiger partial charge in [-0.1, -0.05) is 96.3 Å². The largest absolute Gasteiger partial charge is 0.567 e. The Labute approximate surface area is 182 Å². The van der Waals surface area contributed by atoms with E-state index in [1.54, 1.807) is 12.4 Å². The maximum atomic E-state index is 4.56. The fraction of sp³-hybridized carbons (Fsp3) is 0.391. The van der Waals surface area contributed by atoms with Crippen molar-refractivity contribution >= 4 is 24.4 Å². The predicted molar refractivity (Wildman–Crippen MR) is 132 cm³/mol. The number of hydrazone groups is 1. The number of rotatable bonds is 4. The zero-order valence-electron chi connectivity index (χ0n) is 20.0. The minimum absolute atomic E-state index is 0.804. The zero-order valence-corrected chi connectivity index (χ0v) is 20.0. The third-order valence-corrected chi connectivity index (χ3v) is 4.02. The molecule has 0 saturated heterocycles. The van der Waals surface area contributed by atoms with Crippen LogP contribution >= 0.6 is 0 Å². The number of nitrogens with zero attached hydrogens (tertiary/aromatic N) is 6. The van der Waals surface area contributed by atoms with Crippen LogP contribution in [0.5, 0.6) is 0 Å². The van der Waals surface area contributed by atoms with Gasteiger partial charge in [-0.25, -0.2) is 10.2 Å². The number of hydrogen-bond donors (Lipinski definition) is 0. The molecular formula is C23H39BN6. The van der Waals surface area contributed by atoms with Crippen LogP contribution in [0, 0.1) is 0 Å². The van der Waals surface area contributed by atoms with Crippen molar-refractivity contribution in [2.24, 2.45) is 5.10 Å². The highest BCUT2D eigenvalue weighted by molar-refractivity contribution is 6.82. The summed E-state index contributed by atoms with van der Waals surface area (Å²) in [5.74, 6) is 0. The molecule has 6 nitrogen and oxygen atoms in total. The average Bonchev–Trinajstić information content (AvgIpc) is 3.65. The normalized spacial score (nSPS) is 11.3. The van der Waals surface area contributed by atoms with Crippen LogP contribution in [0.15, 0.2) is 72.4 Å². The summed E-state index contributed by atoms with van der Waals surface area (Å²) < 4.78 is 5.83. The Morgan fingerprint density at radius 1 is 0.733 bits per heavy atom. The van der Waals surface area contributed by atoms with Gasteiger partial charge in [0.05, 0.1) is 12.6 Å². The van der Waals surface area contributed by atoms with Crippen molar-refractivity contribution in [3.63, 3.8) is 0 Å². The molecule has 3 aromatic rings. The van der Waals surface area contributed by atoms with Gasteiger partial charge >= 0.3 is 6.55 Å². The van der Waals surface area contributed by atoms with Crippen molar-refractivity contribution in [3.05, 3.63) is 67.3 Å². The average molecular weight is 410 g/mol. The highest BCUT2D eigenvalue weighted by atomic mass is 15.5. The van der Waals surface area contributed by atoms with Gasteiger partial charge in [-0.05, 0) is 24.5 Å². The molecule has 1 aromatic carbocycles. The molecule has 1 aliphatic heterocycles. The van der Waals surface area contributed by atoms with Crippen LogP contribution in [0.2, 0.25) is 0 Å². The Kier molecular flexibility index (Phi) is 14.3. The molecule has 0 amide bonds.